The van der Waals surface area contributed by atoms with Gasteiger partial charge in [0.2, 0.25) is 5.91 Å². The Labute approximate surface area is 120 Å². The fourth-order valence-corrected chi connectivity index (χ4v) is 2.66. The zero-order valence-corrected chi connectivity index (χ0v) is 11.8. The topological polar surface area (TPSA) is 119 Å². The van der Waals surface area contributed by atoms with Crippen LogP contribution in [0.15, 0.2) is 45.7 Å². The van der Waals surface area contributed by atoms with Crippen LogP contribution < -0.4 is 10.5 Å². The van der Waals surface area contributed by atoms with Crippen LogP contribution in [-0.2, 0) is 14.8 Å². The number of benzene rings is 1. The summed E-state index contributed by atoms with van der Waals surface area (Å²) in [4.78, 5) is 21.7. The maximum atomic E-state index is 11.8. The average molecular weight is 308 g/mol. The van der Waals surface area contributed by atoms with Gasteiger partial charge in [-0.25, -0.2) is 13.1 Å². The molecule has 110 valence electrons. The minimum Gasteiger partial charge on any atom is -0.451 e. The molecule has 0 saturated heterocycles. The second-order valence-electron chi connectivity index (χ2n) is 4.21. The number of primary amides is 1. The summed E-state index contributed by atoms with van der Waals surface area (Å²) in [5.41, 5.74) is 5.65. The average Bonchev–Trinajstić information content (AvgIpc) is 2.87. The molecular formula is C13H12N2O5S. The summed E-state index contributed by atoms with van der Waals surface area (Å²) in [7, 11) is -3.87. The van der Waals surface area contributed by atoms with Crippen molar-refractivity contribution >= 4 is 21.8 Å². The van der Waals surface area contributed by atoms with E-state index in [1.165, 1.54) is 30.3 Å². The molecule has 0 fully saturated rings. The summed E-state index contributed by atoms with van der Waals surface area (Å²) in [6, 6.07) is 8.63. The molecule has 1 aromatic heterocycles. The molecule has 3 N–H and O–H groups in total. The number of hydrogen-bond acceptors (Lipinski definition) is 5. The molecule has 0 aliphatic heterocycles. The van der Waals surface area contributed by atoms with Crippen molar-refractivity contribution in [3.63, 3.8) is 0 Å². The van der Waals surface area contributed by atoms with Gasteiger partial charge in [-0.15, -0.1) is 0 Å². The Hall–Kier alpha value is -2.61. The van der Waals surface area contributed by atoms with Gasteiger partial charge in [0.1, 0.15) is 5.76 Å². The number of hydrogen-bond donors (Lipinski definition) is 2. The Kier molecular flexibility index (Phi) is 3.81. The van der Waals surface area contributed by atoms with Crippen LogP contribution in [0.4, 0.5) is 0 Å². The summed E-state index contributed by atoms with van der Waals surface area (Å²) < 4.78 is 30.6. The Morgan fingerprint density at radius 3 is 2.19 bits per heavy atom. The third kappa shape index (κ3) is 3.29. The van der Waals surface area contributed by atoms with Gasteiger partial charge in [0.15, 0.2) is 5.76 Å². The van der Waals surface area contributed by atoms with E-state index in [0.717, 1.165) is 6.92 Å². The smallest absolute Gasteiger partial charge is 0.284 e. The highest BCUT2D eigenvalue weighted by Gasteiger charge is 2.16. The standard InChI is InChI=1S/C13H12N2O5S/c1-8(16)15-21(18,19)10-4-2-9(3-5-10)11-6-7-12(20-11)13(14)17/h2-7H,1H3,(H2,14,17)(H,15,16). The van der Waals surface area contributed by atoms with Gasteiger partial charge in [-0.2, -0.15) is 0 Å². The summed E-state index contributed by atoms with van der Waals surface area (Å²) in [5.74, 6) is -0.963. The van der Waals surface area contributed by atoms with Crippen molar-refractivity contribution in [1.29, 1.82) is 0 Å². The predicted molar refractivity (Wildman–Crippen MR) is 73.7 cm³/mol. The lowest BCUT2D eigenvalue weighted by atomic mass is 10.2. The molecule has 2 amide bonds. The molecule has 1 aromatic carbocycles. The lowest BCUT2D eigenvalue weighted by molar-refractivity contribution is -0.117. The molecule has 21 heavy (non-hydrogen) atoms. The van der Waals surface area contributed by atoms with Crippen molar-refractivity contribution in [2.75, 3.05) is 0 Å². The molecule has 0 saturated carbocycles. The number of nitrogens with one attached hydrogen (secondary N) is 1. The fraction of sp³-hybridized carbons (Fsp3) is 0.0769. The molecule has 0 spiro atoms. The van der Waals surface area contributed by atoms with E-state index in [1.807, 2.05) is 4.72 Å². The van der Waals surface area contributed by atoms with Crippen LogP contribution in [0, 0.1) is 0 Å². The van der Waals surface area contributed by atoms with Gasteiger partial charge in [-0.05, 0) is 36.4 Å². The van der Waals surface area contributed by atoms with Gasteiger partial charge in [0.05, 0.1) is 4.90 Å². The summed E-state index contributed by atoms with van der Waals surface area (Å²) in [5, 5.41) is 0. The van der Waals surface area contributed by atoms with Crippen LogP contribution in [0.2, 0.25) is 0 Å². The van der Waals surface area contributed by atoms with Crippen LogP contribution in [0.25, 0.3) is 11.3 Å². The van der Waals surface area contributed by atoms with Crippen molar-refractivity contribution in [2.45, 2.75) is 11.8 Å². The van der Waals surface area contributed by atoms with E-state index in [1.54, 1.807) is 6.07 Å². The molecule has 0 bridgehead atoms. The molecule has 2 aromatic rings. The summed E-state index contributed by atoms with van der Waals surface area (Å²) in [6.45, 7) is 1.11. The van der Waals surface area contributed by atoms with Gasteiger partial charge in [-0.3, -0.25) is 9.59 Å². The van der Waals surface area contributed by atoms with E-state index in [9.17, 15) is 18.0 Å². The van der Waals surface area contributed by atoms with Gasteiger partial charge >= 0.3 is 0 Å². The second kappa shape index (κ2) is 5.41. The van der Waals surface area contributed by atoms with Gasteiger partial charge < -0.3 is 10.2 Å². The molecule has 0 aliphatic rings. The number of nitrogens with two attached hydrogens (primary N) is 1. The molecule has 0 radical (unpaired) electrons. The number of carbonyl (C=O) groups is 2. The highest BCUT2D eigenvalue weighted by molar-refractivity contribution is 7.90. The SMILES string of the molecule is CC(=O)NS(=O)(=O)c1ccc(-c2ccc(C(N)=O)o2)cc1. The third-order valence-corrected chi connectivity index (χ3v) is 4.03. The lowest BCUT2D eigenvalue weighted by Gasteiger charge is -2.05. The van der Waals surface area contributed by atoms with Crippen LogP contribution in [0.5, 0.6) is 0 Å². The first-order valence-electron chi connectivity index (χ1n) is 5.83. The molecule has 8 heteroatoms. The molecule has 1 heterocycles. The molecular weight excluding hydrogens is 296 g/mol. The first-order valence-corrected chi connectivity index (χ1v) is 7.31. The van der Waals surface area contributed by atoms with Crippen molar-refractivity contribution in [3.8, 4) is 11.3 Å². The normalized spacial score (nSPS) is 11.1. The monoisotopic (exact) mass is 308 g/mol. The maximum Gasteiger partial charge on any atom is 0.284 e. The largest absolute Gasteiger partial charge is 0.451 e. The first-order chi connectivity index (χ1) is 9.79. The van der Waals surface area contributed by atoms with Crippen LogP contribution in [-0.4, -0.2) is 20.2 Å². The Morgan fingerprint density at radius 2 is 1.71 bits per heavy atom. The zero-order chi connectivity index (χ0) is 15.6. The van der Waals surface area contributed by atoms with Crippen molar-refractivity contribution in [2.24, 2.45) is 5.73 Å². The summed E-state index contributed by atoms with van der Waals surface area (Å²) in [6.07, 6.45) is 0. The second-order valence-corrected chi connectivity index (χ2v) is 5.90. The number of sulfonamides is 1. The lowest BCUT2D eigenvalue weighted by Crippen LogP contribution is -2.28. The van der Waals surface area contributed by atoms with E-state index >= 15 is 0 Å². The Bertz CT molecular complexity index is 790. The van der Waals surface area contributed by atoms with Crippen molar-refractivity contribution < 1.29 is 22.4 Å². The minimum absolute atomic E-state index is 0.0138. The highest BCUT2D eigenvalue weighted by Crippen LogP contribution is 2.23. The van der Waals surface area contributed by atoms with Crippen LogP contribution >= 0.6 is 0 Å². The van der Waals surface area contributed by atoms with E-state index in [0.29, 0.717) is 11.3 Å². The predicted octanol–water partition coefficient (Wildman–Crippen LogP) is 0.870. The third-order valence-electron chi connectivity index (χ3n) is 2.58. The fourth-order valence-electron chi connectivity index (χ4n) is 1.67. The highest BCUT2D eigenvalue weighted by atomic mass is 32.2. The quantitative estimate of drug-likeness (QED) is 0.868. The van der Waals surface area contributed by atoms with Crippen molar-refractivity contribution in [3.05, 3.63) is 42.2 Å². The van der Waals surface area contributed by atoms with Gasteiger partial charge in [0.25, 0.3) is 15.9 Å². The molecule has 0 aliphatic carbocycles. The molecule has 2 rings (SSSR count). The molecule has 0 unspecified atom stereocenters. The first kappa shape index (κ1) is 14.8. The van der Waals surface area contributed by atoms with E-state index < -0.39 is 21.8 Å². The number of furan rings is 1. The van der Waals surface area contributed by atoms with Gasteiger partial charge in [-0.1, -0.05) is 0 Å². The number of carbonyl (C=O) groups excluding carboxylic acids is 2. The van der Waals surface area contributed by atoms with E-state index in [-0.39, 0.29) is 10.7 Å². The molecule has 7 nitrogen and oxygen atoms in total. The Morgan fingerprint density at radius 1 is 1.10 bits per heavy atom. The Balaban J connectivity index is 2.30. The van der Waals surface area contributed by atoms with Crippen molar-refractivity contribution in [1.82, 2.24) is 4.72 Å². The van der Waals surface area contributed by atoms with E-state index in [4.69, 9.17) is 10.2 Å². The van der Waals surface area contributed by atoms with E-state index in [2.05, 4.69) is 0 Å². The van der Waals surface area contributed by atoms with Gasteiger partial charge in [0, 0.05) is 12.5 Å². The van der Waals surface area contributed by atoms with Crippen LogP contribution in [0.1, 0.15) is 17.5 Å². The molecule has 0 atom stereocenters. The number of rotatable bonds is 4. The maximum absolute atomic E-state index is 11.8. The minimum atomic E-state index is -3.87. The zero-order valence-electron chi connectivity index (χ0n) is 11.0. The summed E-state index contributed by atoms with van der Waals surface area (Å²) >= 11 is 0. The van der Waals surface area contributed by atoms with Crippen LogP contribution in [0.3, 0.4) is 0 Å². The number of amides is 2.